The van der Waals surface area contributed by atoms with Crippen LogP contribution in [-0.4, -0.2) is 30.8 Å². The highest BCUT2D eigenvalue weighted by Gasteiger charge is 2.35. The van der Waals surface area contributed by atoms with Crippen LogP contribution in [-0.2, 0) is 10.4 Å². The average Bonchev–Trinajstić information content (AvgIpc) is 2.60. The van der Waals surface area contributed by atoms with Gasteiger partial charge < -0.3 is 19.9 Å². The van der Waals surface area contributed by atoms with Gasteiger partial charge in [0.05, 0.1) is 18.2 Å². The molecular weight excluding hydrogens is 365 g/mol. The van der Waals surface area contributed by atoms with Gasteiger partial charge in [0.1, 0.15) is 17.1 Å². The predicted molar refractivity (Wildman–Crippen MR) is 95.4 cm³/mol. The van der Waals surface area contributed by atoms with E-state index >= 15 is 0 Å². The fraction of sp³-hybridized carbons (Fsp3) is 0.278. The van der Waals surface area contributed by atoms with Gasteiger partial charge in [0.15, 0.2) is 6.61 Å². The van der Waals surface area contributed by atoms with E-state index in [0.717, 1.165) is 0 Å². The Morgan fingerprint density at radius 3 is 2.88 bits per heavy atom. The van der Waals surface area contributed by atoms with E-state index < -0.39 is 5.60 Å². The highest BCUT2D eigenvalue weighted by molar-refractivity contribution is 6.35. The van der Waals surface area contributed by atoms with Gasteiger partial charge in [-0.1, -0.05) is 41.4 Å². The first-order valence-electron chi connectivity index (χ1n) is 7.77. The summed E-state index contributed by atoms with van der Waals surface area (Å²) in [7, 11) is 0. The maximum Gasteiger partial charge on any atom is 0.258 e. The van der Waals surface area contributed by atoms with Gasteiger partial charge in [-0.05, 0) is 24.3 Å². The average molecular weight is 382 g/mol. The van der Waals surface area contributed by atoms with Crippen molar-refractivity contribution in [2.45, 2.75) is 12.0 Å². The molecule has 2 N–H and O–H groups in total. The van der Waals surface area contributed by atoms with Gasteiger partial charge in [-0.15, -0.1) is 0 Å². The van der Waals surface area contributed by atoms with Crippen LogP contribution in [0.25, 0.3) is 0 Å². The summed E-state index contributed by atoms with van der Waals surface area (Å²) in [5.74, 6) is 0.648. The van der Waals surface area contributed by atoms with Gasteiger partial charge in [-0.3, -0.25) is 4.79 Å². The zero-order chi connectivity index (χ0) is 17.9. The van der Waals surface area contributed by atoms with E-state index in [4.69, 9.17) is 32.7 Å². The molecule has 0 fully saturated rings. The summed E-state index contributed by atoms with van der Waals surface area (Å²) in [6.07, 6.45) is 0.397. The van der Waals surface area contributed by atoms with Crippen molar-refractivity contribution in [1.82, 2.24) is 5.32 Å². The van der Waals surface area contributed by atoms with E-state index in [1.807, 2.05) is 12.1 Å². The molecule has 0 saturated carbocycles. The molecule has 7 heteroatoms. The van der Waals surface area contributed by atoms with Crippen molar-refractivity contribution in [1.29, 1.82) is 0 Å². The van der Waals surface area contributed by atoms with Crippen molar-refractivity contribution in [3.63, 3.8) is 0 Å². The van der Waals surface area contributed by atoms with Gasteiger partial charge in [-0.25, -0.2) is 0 Å². The molecule has 5 nitrogen and oxygen atoms in total. The van der Waals surface area contributed by atoms with E-state index in [2.05, 4.69) is 5.32 Å². The van der Waals surface area contributed by atoms with Gasteiger partial charge in [-0.2, -0.15) is 0 Å². The Bertz CT molecular complexity index is 783. The summed E-state index contributed by atoms with van der Waals surface area (Å²) in [4.78, 5) is 12.0. The van der Waals surface area contributed by atoms with E-state index in [9.17, 15) is 9.90 Å². The van der Waals surface area contributed by atoms with E-state index in [1.165, 1.54) is 6.07 Å². The van der Waals surface area contributed by atoms with Crippen LogP contribution in [0, 0.1) is 0 Å². The lowest BCUT2D eigenvalue weighted by molar-refractivity contribution is -0.124. The molecule has 0 spiro atoms. The summed E-state index contributed by atoms with van der Waals surface area (Å²) < 4.78 is 10.9. The predicted octanol–water partition coefficient (Wildman–Crippen LogP) is 3.16. The maximum atomic E-state index is 12.0. The number of hydrogen-bond acceptors (Lipinski definition) is 4. The second-order valence-electron chi connectivity index (χ2n) is 5.77. The number of ether oxygens (including phenoxy) is 2. The Labute approximate surface area is 155 Å². The molecule has 1 aliphatic rings. The van der Waals surface area contributed by atoms with Crippen molar-refractivity contribution in [3.8, 4) is 11.5 Å². The first-order valence-corrected chi connectivity index (χ1v) is 8.53. The molecule has 132 valence electrons. The molecule has 0 aromatic heterocycles. The summed E-state index contributed by atoms with van der Waals surface area (Å²) in [6.45, 7) is 0.250. The van der Waals surface area contributed by atoms with Crippen molar-refractivity contribution in [3.05, 3.63) is 58.1 Å². The Morgan fingerprint density at radius 2 is 2.08 bits per heavy atom. The Kier molecular flexibility index (Phi) is 5.37. The molecule has 2 aromatic rings. The summed E-state index contributed by atoms with van der Waals surface area (Å²) in [5, 5.41) is 14.4. The van der Waals surface area contributed by atoms with Crippen LogP contribution in [0.3, 0.4) is 0 Å². The van der Waals surface area contributed by atoms with Crippen molar-refractivity contribution < 1.29 is 19.4 Å². The monoisotopic (exact) mass is 381 g/mol. The molecule has 3 rings (SSSR count). The molecule has 1 aliphatic heterocycles. The molecule has 0 aliphatic carbocycles. The Morgan fingerprint density at radius 1 is 1.28 bits per heavy atom. The second-order valence-corrected chi connectivity index (χ2v) is 6.61. The minimum absolute atomic E-state index is 0.0733. The van der Waals surface area contributed by atoms with Crippen LogP contribution in [0.2, 0.25) is 10.0 Å². The molecule has 25 heavy (non-hydrogen) atoms. The first kappa shape index (κ1) is 17.9. The number of aliphatic hydroxyl groups is 1. The standard InChI is InChI=1S/C18H17Cl2NO4/c19-12-5-6-16(14(20)9-12)25-10-17(22)21-11-18(23)7-8-24-15-4-2-1-3-13(15)18/h1-6,9,23H,7-8,10-11H2,(H,21,22)/t18-/m1/s1. The topological polar surface area (TPSA) is 67.8 Å². The van der Waals surface area contributed by atoms with Crippen molar-refractivity contribution >= 4 is 29.1 Å². The minimum Gasteiger partial charge on any atom is -0.493 e. The molecule has 0 radical (unpaired) electrons. The van der Waals surface area contributed by atoms with Crippen LogP contribution < -0.4 is 14.8 Å². The third-order valence-electron chi connectivity index (χ3n) is 3.99. The molecule has 0 unspecified atom stereocenters. The van der Waals surface area contributed by atoms with E-state index in [0.29, 0.717) is 40.1 Å². The highest BCUT2D eigenvalue weighted by Crippen LogP contribution is 2.36. The zero-order valence-corrected chi connectivity index (χ0v) is 14.8. The normalized spacial score (nSPS) is 18.8. The number of carbonyl (C=O) groups excluding carboxylic acids is 1. The number of amides is 1. The quantitative estimate of drug-likeness (QED) is 0.834. The molecule has 0 saturated heterocycles. The Balaban J connectivity index is 1.57. The smallest absolute Gasteiger partial charge is 0.258 e. The number of hydrogen-bond donors (Lipinski definition) is 2. The molecular formula is C18H17Cl2NO4. The van der Waals surface area contributed by atoms with Gasteiger partial charge in [0.25, 0.3) is 5.91 Å². The van der Waals surface area contributed by atoms with Crippen molar-refractivity contribution in [2.24, 2.45) is 0 Å². The molecule has 1 heterocycles. The second kappa shape index (κ2) is 7.52. The molecule has 0 bridgehead atoms. The van der Waals surface area contributed by atoms with E-state index in [-0.39, 0.29) is 19.1 Å². The summed E-state index contributed by atoms with van der Waals surface area (Å²) >= 11 is 11.8. The lowest BCUT2D eigenvalue weighted by atomic mass is 9.88. The zero-order valence-electron chi connectivity index (χ0n) is 13.3. The molecule has 1 amide bonds. The van der Waals surface area contributed by atoms with Crippen LogP contribution in [0.5, 0.6) is 11.5 Å². The van der Waals surface area contributed by atoms with Gasteiger partial charge >= 0.3 is 0 Å². The largest absolute Gasteiger partial charge is 0.493 e. The van der Waals surface area contributed by atoms with Gasteiger partial charge in [0, 0.05) is 17.0 Å². The summed E-state index contributed by atoms with van der Waals surface area (Å²) in [6, 6.07) is 12.0. The maximum absolute atomic E-state index is 12.0. The third kappa shape index (κ3) is 4.18. The Hall–Kier alpha value is -1.95. The summed E-state index contributed by atoms with van der Waals surface area (Å²) in [5.41, 5.74) is -0.495. The first-order chi connectivity index (χ1) is 12.0. The van der Waals surface area contributed by atoms with Crippen molar-refractivity contribution in [2.75, 3.05) is 19.8 Å². The number of fused-ring (bicyclic) bond motifs is 1. The van der Waals surface area contributed by atoms with Crippen LogP contribution in [0.4, 0.5) is 0 Å². The minimum atomic E-state index is -1.16. The number of rotatable bonds is 5. The molecule has 1 atom stereocenters. The lowest BCUT2D eigenvalue weighted by Crippen LogP contribution is -2.45. The number of halogens is 2. The van der Waals surface area contributed by atoms with Gasteiger partial charge in [0.2, 0.25) is 0 Å². The number of nitrogens with one attached hydrogen (secondary N) is 1. The number of benzene rings is 2. The van der Waals surface area contributed by atoms with Crippen LogP contribution in [0.1, 0.15) is 12.0 Å². The van der Waals surface area contributed by atoms with Crippen LogP contribution in [0.15, 0.2) is 42.5 Å². The molecule has 2 aromatic carbocycles. The fourth-order valence-electron chi connectivity index (χ4n) is 2.66. The third-order valence-corrected chi connectivity index (χ3v) is 4.52. The van der Waals surface area contributed by atoms with E-state index in [1.54, 1.807) is 24.3 Å². The number of carbonyl (C=O) groups is 1. The lowest BCUT2D eigenvalue weighted by Gasteiger charge is -2.34. The number of para-hydroxylation sites is 1. The SMILES string of the molecule is O=C(COc1ccc(Cl)cc1Cl)NC[C@]1(O)CCOc2ccccc21. The fourth-order valence-corrected chi connectivity index (χ4v) is 3.12. The van der Waals surface area contributed by atoms with Crippen LogP contribution >= 0.6 is 23.2 Å². The highest BCUT2D eigenvalue weighted by atomic mass is 35.5.